The van der Waals surface area contributed by atoms with E-state index in [1.165, 1.54) is 7.11 Å². The first-order valence-electron chi connectivity index (χ1n) is 11.8. The predicted octanol–water partition coefficient (Wildman–Crippen LogP) is 5.44. The van der Waals surface area contributed by atoms with Crippen molar-refractivity contribution in [3.05, 3.63) is 82.9 Å². The zero-order chi connectivity index (χ0) is 24.3. The lowest BCUT2D eigenvalue weighted by molar-refractivity contribution is -0.147. The molecule has 6 heteroatoms. The third kappa shape index (κ3) is 7.27. The van der Waals surface area contributed by atoms with Crippen molar-refractivity contribution in [3.8, 4) is 0 Å². The molecule has 1 aliphatic heterocycles. The fourth-order valence-corrected chi connectivity index (χ4v) is 4.13. The van der Waals surface area contributed by atoms with Crippen LogP contribution >= 0.6 is 0 Å². The van der Waals surface area contributed by atoms with Crippen molar-refractivity contribution in [1.29, 1.82) is 0 Å². The highest BCUT2D eigenvalue weighted by Gasteiger charge is 2.30. The average Bonchev–Trinajstić information content (AvgIpc) is 2.86. The van der Waals surface area contributed by atoms with E-state index in [-0.39, 0.29) is 37.5 Å². The van der Waals surface area contributed by atoms with Gasteiger partial charge in [-0.15, -0.1) is 0 Å². The van der Waals surface area contributed by atoms with Gasteiger partial charge in [0.15, 0.2) is 0 Å². The second-order valence-electron chi connectivity index (χ2n) is 8.53. The van der Waals surface area contributed by atoms with Crippen LogP contribution in [-0.4, -0.2) is 44.5 Å². The van der Waals surface area contributed by atoms with Crippen LogP contribution in [0.15, 0.2) is 71.8 Å². The summed E-state index contributed by atoms with van der Waals surface area (Å²) in [7, 11) is 1.47. The Hall–Kier alpha value is -2.96. The molecule has 0 aliphatic carbocycles. The molecule has 0 unspecified atom stereocenters. The molecular formula is C28H34O6. The number of rotatable bonds is 11. The highest BCUT2D eigenvalue weighted by molar-refractivity contribution is 5.89. The summed E-state index contributed by atoms with van der Waals surface area (Å²) in [6.45, 7) is 4.19. The third-order valence-corrected chi connectivity index (χ3v) is 6.03. The normalized spacial score (nSPS) is 18.9. The van der Waals surface area contributed by atoms with Gasteiger partial charge in [-0.3, -0.25) is 0 Å². The Morgan fingerprint density at radius 1 is 1.06 bits per heavy atom. The molecule has 0 spiro atoms. The number of hydrogen-bond acceptors (Lipinski definition) is 6. The molecule has 2 aromatic rings. The lowest BCUT2D eigenvalue weighted by Gasteiger charge is -2.34. The van der Waals surface area contributed by atoms with E-state index >= 15 is 0 Å². The highest BCUT2D eigenvalue weighted by atomic mass is 16.6. The Morgan fingerprint density at radius 3 is 2.38 bits per heavy atom. The standard InChI is InChI=1S/C28H34O6/c1-4-23(34-28(30)22-13-9-6-10-14-22)15-16-24-17-20(2)25(18-32-26(29)19-31-3)27(33-24)21-11-7-5-8-12-21/h5-14,23-24,27H,4,15-19H2,1-3H3/t23-,24+,27-/m0/s1. The molecule has 3 rings (SSSR count). The maximum Gasteiger partial charge on any atom is 0.338 e. The van der Waals surface area contributed by atoms with Crippen LogP contribution in [0.1, 0.15) is 61.6 Å². The number of carbonyl (C=O) groups excluding carboxylic acids is 2. The van der Waals surface area contributed by atoms with E-state index in [2.05, 4.69) is 6.92 Å². The Labute approximate surface area is 201 Å². The molecule has 0 bridgehead atoms. The molecule has 1 aliphatic rings. The van der Waals surface area contributed by atoms with Gasteiger partial charge in [0.1, 0.15) is 25.4 Å². The van der Waals surface area contributed by atoms with Gasteiger partial charge in [-0.25, -0.2) is 9.59 Å². The summed E-state index contributed by atoms with van der Waals surface area (Å²) in [4.78, 5) is 24.3. The molecule has 0 fully saturated rings. The molecule has 0 amide bonds. The summed E-state index contributed by atoms with van der Waals surface area (Å²) in [5, 5.41) is 0. The van der Waals surface area contributed by atoms with Gasteiger partial charge < -0.3 is 18.9 Å². The monoisotopic (exact) mass is 466 g/mol. The van der Waals surface area contributed by atoms with Gasteiger partial charge in [0, 0.05) is 7.11 Å². The van der Waals surface area contributed by atoms with Crippen molar-refractivity contribution in [2.24, 2.45) is 0 Å². The summed E-state index contributed by atoms with van der Waals surface area (Å²) in [5.41, 5.74) is 3.71. The van der Waals surface area contributed by atoms with Crippen LogP contribution < -0.4 is 0 Å². The fraction of sp³-hybridized carbons (Fsp3) is 0.429. The SMILES string of the molecule is CC[C@@H](CC[C@@H]1CC(C)=C(COC(=O)COC)[C@H](c2ccccc2)O1)OC(=O)c1ccccc1. The maximum atomic E-state index is 12.5. The Balaban J connectivity index is 1.66. The van der Waals surface area contributed by atoms with Crippen molar-refractivity contribution >= 4 is 11.9 Å². The molecule has 0 saturated carbocycles. The molecule has 2 aromatic carbocycles. The molecular weight excluding hydrogens is 432 g/mol. The molecule has 0 aromatic heterocycles. The quantitative estimate of drug-likeness (QED) is 0.324. The third-order valence-electron chi connectivity index (χ3n) is 6.03. The first-order valence-corrected chi connectivity index (χ1v) is 11.8. The number of methoxy groups -OCH3 is 1. The van der Waals surface area contributed by atoms with E-state index in [0.29, 0.717) is 12.0 Å². The Morgan fingerprint density at radius 2 is 1.74 bits per heavy atom. The second-order valence-corrected chi connectivity index (χ2v) is 8.53. The lowest BCUT2D eigenvalue weighted by Crippen LogP contribution is -2.29. The van der Waals surface area contributed by atoms with Gasteiger partial charge >= 0.3 is 11.9 Å². The van der Waals surface area contributed by atoms with Crippen LogP contribution in [0.5, 0.6) is 0 Å². The molecule has 6 nitrogen and oxygen atoms in total. The van der Waals surface area contributed by atoms with Crippen LogP contribution in [0.25, 0.3) is 0 Å². The van der Waals surface area contributed by atoms with Crippen molar-refractivity contribution in [2.45, 2.75) is 57.8 Å². The second kappa shape index (κ2) is 13.1. The number of esters is 2. The summed E-state index contributed by atoms with van der Waals surface area (Å²) in [6, 6.07) is 19.0. The van der Waals surface area contributed by atoms with E-state index in [9.17, 15) is 9.59 Å². The highest BCUT2D eigenvalue weighted by Crippen LogP contribution is 2.38. The van der Waals surface area contributed by atoms with Crippen molar-refractivity contribution in [2.75, 3.05) is 20.3 Å². The zero-order valence-corrected chi connectivity index (χ0v) is 20.2. The van der Waals surface area contributed by atoms with Crippen LogP contribution in [-0.2, 0) is 23.7 Å². The van der Waals surface area contributed by atoms with Crippen LogP contribution in [0.4, 0.5) is 0 Å². The van der Waals surface area contributed by atoms with Crippen LogP contribution in [0.2, 0.25) is 0 Å². The van der Waals surface area contributed by atoms with Crippen LogP contribution in [0.3, 0.4) is 0 Å². The molecule has 0 N–H and O–H groups in total. The summed E-state index contributed by atoms with van der Waals surface area (Å²) in [5.74, 6) is -0.696. The van der Waals surface area contributed by atoms with Gasteiger partial charge in [0.25, 0.3) is 0 Å². The average molecular weight is 467 g/mol. The molecule has 0 radical (unpaired) electrons. The molecule has 1 heterocycles. The summed E-state index contributed by atoms with van der Waals surface area (Å²) >= 11 is 0. The summed E-state index contributed by atoms with van der Waals surface area (Å²) in [6.07, 6.45) is 2.47. The molecule has 34 heavy (non-hydrogen) atoms. The van der Waals surface area contributed by atoms with Crippen molar-refractivity contribution in [1.82, 2.24) is 0 Å². The van der Waals surface area contributed by atoms with E-state index in [4.69, 9.17) is 18.9 Å². The molecule has 3 atom stereocenters. The smallest absolute Gasteiger partial charge is 0.338 e. The fourth-order valence-electron chi connectivity index (χ4n) is 4.13. The van der Waals surface area contributed by atoms with E-state index in [0.717, 1.165) is 36.0 Å². The van der Waals surface area contributed by atoms with Gasteiger partial charge in [0.2, 0.25) is 0 Å². The number of ether oxygens (including phenoxy) is 4. The predicted molar refractivity (Wildman–Crippen MR) is 129 cm³/mol. The van der Waals surface area contributed by atoms with E-state index < -0.39 is 5.97 Å². The first-order chi connectivity index (χ1) is 16.5. The largest absolute Gasteiger partial charge is 0.459 e. The zero-order valence-electron chi connectivity index (χ0n) is 20.2. The minimum absolute atomic E-state index is 0.0203. The summed E-state index contributed by atoms with van der Waals surface area (Å²) < 4.78 is 22.5. The van der Waals surface area contributed by atoms with Gasteiger partial charge in [-0.05, 0) is 55.9 Å². The van der Waals surface area contributed by atoms with Crippen LogP contribution in [0, 0.1) is 0 Å². The van der Waals surface area contributed by atoms with E-state index in [1.807, 2.05) is 55.5 Å². The minimum Gasteiger partial charge on any atom is -0.459 e. The van der Waals surface area contributed by atoms with E-state index in [1.54, 1.807) is 12.1 Å². The lowest BCUT2D eigenvalue weighted by atomic mass is 9.90. The number of hydrogen-bond donors (Lipinski definition) is 0. The molecule has 182 valence electrons. The van der Waals surface area contributed by atoms with Gasteiger partial charge in [0.05, 0.1) is 11.7 Å². The van der Waals surface area contributed by atoms with Crippen molar-refractivity contribution < 1.29 is 28.5 Å². The number of benzene rings is 2. The van der Waals surface area contributed by atoms with Gasteiger partial charge in [-0.2, -0.15) is 0 Å². The van der Waals surface area contributed by atoms with Crippen molar-refractivity contribution in [3.63, 3.8) is 0 Å². The topological polar surface area (TPSA) is 71.1 Å². The molecule has 0 saturated heterocycles. The minimum atomic E-state index is -0.400. The number of carbonyl (C=O) groups is 2. The Bertz CT molecular complexity index is 953. The Kier molecular flexibility index (Phi) is 9.86. The maximum absolute atomic E-state index is 12.5. The van der Waals surface area contributed by atoms with Gasteiger partial charge in [-0.1, -0.05) is 61.0 Å². The first kappa shape index (κ1) is 25.7.